The van der Waals surface area contributed by atoms with Gasteiger partial charge in [0.25, 0.3) is 0 Å². The summed E-state index contributed by atoms with van der Waals surface area (Å²) in [6.45, 7) is 0.584. The van der Waals surface area contributed by atoms with E-state index < -0.39 is 0 Å². The van der Waals surface area contributed by atoms with Gasteiger partial charge in [-0.25, -0.2) is 0 Å². The molecule has 1 aromatic heterocycles. The van der Waals surface area contributed by atoms with Crippen LogP contribution in [0.5, 0.6) is 5.75 Å². The van der Waals surface area contributed by atoms with E-state index in [9.17, 15) is 0 Å². The molecule has 0 saturated heterocycles. The first-order chi connectivity index (χ1) is 8.22. The zero-order chi connectivity index (χ0) is 12.3. The topological polar surface area (TPSA) is 9.23 Å². The molecule has 0 aliphatic heterocycles. The molecule has 0 spiro atoms. The van der Waals surface area contributed by atoms with Crippen LogP contribution in [0, 0.1) is 0 Å². The molecule has 1 aromatic carbocycles. The van der Waals surface area contributed by atoms with Crippen molar-refractivity contribution in [1.82, 2.24) is 0 Å². The third-order valence-corrected chi connectivity index (χ3v) is 5.36. The molecule has 0 saturated carbocycles. The van der Waals surface area contributed by atoms with Gasteiger partial charge in [0.05, 0.1) is 9.35 Å². The Kier molecular flexibility index (Phi) is 5.09. The number of rotatable bonds is 4. The summed E-state index contributed by atoms with van der Waals surface area (Å²) in [6, 6.07) is 8.09. The minimum absolute atomic E-state index is 0.584. The monoisotopic (exact) mass is 438 g/mol. The summed E-state index contributed by atoms with van der Waals surface area (Å²) in [5.74, 6) is 0.907. The molecule has 0 aliphatic rings. The van der Waals surface area contributed by atoms with E-state index in [4.69, 9.17) is 4.74 Å². The standard InChI is InChI=1S/C12H9Br3OS/c13-6-8-2-1-3-10(15)12(8)16-7-11-9(14)4-5-17-11/h1-5H,6-7H2. The van der Waals surface area contributed by atoms with Gasteiger partial charge in [-0.05, 0) is 49.4 Å². The first kappa shape index (κ1) is 13.6. The number of para-hydroxylation sites is 1. The number of hydrogen-bond acceptors (Lipinski definition) is 2. The molecule has 0 fully saturated rings. The van der Waals surface area contributed by atoms with Crippen molar-refractivity contribution < 1.29 is 4.74 Å². The van der Waals surface area contributed by atoms with Crippen molar-refractivity contribution in [3.8, 4) is 5.75 Å². The van der Waals surface area contributed by atoms with Crippen LogP contribution in [0.4, 0.5) is 0 Å². The SMILES string of the molecule is BrCc1cccc(Br)c1OCc1sccc1Br. The second kappa shape index (κ2) is 6.36. The molecule has 0 atom stereocenters. The van der Waals surface area contributed by atoms with Crippen molar-refractivity contribution >= 4 is 59.1 Å². The summed E-state index contributed by atoms with van der Waals surface area (Å²) < 4.78 is 7.98. The largest absolute Gasteiger partial charge is 0.487 e. The number of hydrogen-bond donors (Lipinski definition) is 0. The molecule has 1 nitrogen and oxygen atoms in total. The minimum atomic E-state index is 0.584. The van der Waals surface area contributed by atoms with Gasteiger partial charge in [-0.3, -0.25) is 0 Å². The van der Waals surface area contributed by atoms with Gasteiger partial charge in [0.2, 0.25) is 0 Å². The van der Waals surface area contributed by atoms with Gasteiger partial charge in [0.1, 0.15) is 12.4 Å². The molecular weight excluding hydrogens is 432 g/mol. The Morgan fingerprint density at radius 2 is 1.94 bits per heavy atom. The van der Waals surface area contributed by atoms with Crippen molar-refractivity contribution in [2.75, 3.05) is 0 Å². The van der Waals surface area contributed by atoms with E-state index in [1.807, 2.05) is 23.6 Å². The number of halogens is 3. The van der Waals surface area contributed by atoms with Crippen LogP contribution in [-0.2, 0) is 11.9 Å². The lowest BCUT2D eigenvalue weighted by Gasteiger charge is -2.11. The maximum atomic E-state index is 5.89. The highest BCUT2D eigenvalue weighted by molar-refractivity contribution is 9.11. The van der Waals surface area contributed by atoms with Gasteiger partial charge >= 0.3 is 0 Å². The molecule has 2 aromatic rings. The zero-order valence-electron chi connectivity index (χ0n) is 8.75. The molecule has 17 heavy (non-hydrogen) atoms. The fourth-order valence-corrected chi connectivity index (χ4v) is 3.73. The Morgan fingerprint density at radius 1 is 1.12 bits per heavy atom. The van der Waals surface area contributed by atoms with E-state index in [1.54, 1.807) is 11.3 Å². The second-order valence-electron chi connectivity index (χ2n) is 3.34. The highest BCUT2D eigenvalue weighted by atomic mass is 79.9. The Morgan fingerprint density at radius 3 is 2.59 bits per heavy atom. The Hall–Kier alpha value is 0.160. The maximum Gasteiger partial charge on any atom is 0.138 e. The molecule has 0 amide bonds. The first-order valence-corrected chi connectivity index (χ1v) is 8.49. The average Bonchev–Trinajstić information content (AvgIpc) is 2.73. The van der Waals surface area contributed by atoms with E-state index >= 15 is 0 Å². The van der Waals surface area contributed by atoms with Crippen LogP contribution in [0.15, 0.2) is 38.6 Å². The highest BCUT2D eigenvalue weighted by Gasteiger charge is 2.09. The molecule has 0 N–H and O–H groups in total. The Labute approximate surface area is 130 Å². The number of benzene rings is 1. The maximum absolute atomic E-state index is 5.89. The normalized spacial score (nSPS) is 10.5. The van der Waals surface area contributed by atoms with Gasteiger partial charge < -0.3 is 4.74 Å². The van der Waals surface area contributed by atoms with Crippen LogP contribution in [0.2, 0.25) is 0 Å². The van der Waals surface area contributed by atoms with Gasteiger partial charge in [0.15, 0.2) is 0 Å². The third-order valence-electron chi connectivity index (χ3n) is 2.23. The fourth-order valence-electron chi connectivity index (χ4n) is 1.39. The number of ether oxygens (including phenoxy) is 1. The summed E-state index contributed by atoms with van der Waals surface area (Å²) in [6.07, 6.45) is 0. The van der Waals surface area contributed by atoms with Crippen LogP contribution >= 0.6 is 59.1 Å². The van der Waals surface area contributed by atoms with Crippen LogP contribution in [-0.4, -0.2) is 0 Å². The smallest absolute Gasteiger partial charge is 0.138 e. The number of alkyl halides is 1. The van der Waals surface area contributed by atoms with Crippen LogP contribution < -0.4 is 4.74 Å². The van der Waals surface area contributed by atoms with Gasteiger partial charge in [0, 0.05) is 15.4 Å². The molecule has 0 aliphatic carbocycles. The number of thiophene rings is 1. The summed E-state index contributed by atoms with van der Waals surface area (Å²) in [7, 11) is 0. The summed E-state index contributed by atoms with van der Waals surface area (Å²) >= 11 is 12.2. The lowest BCUT2D eigenvalue weighted by Crippen LogP contribution is -1.97. The van der Waals surface area contributed by atoms with Crippen molar-refractivity contribution in [2.45, 2.75) is 11.9 Å². The van der Waals surface area contributed by atoms with Crippen molar-refractivity contribution in [2.24, 2.45) is 0 Å². The van der Waals surface area contributed by atoms with E-state index in [-0.39, 0.29) is 0 Å². The van der Waals surface area contributed by atoms with E-state index in [0.29, 0.717) is 6.61 Å². The summed E-state index contributed by atoms with van der Waals surface area (Å²) in [4.78, 5) is 1.20. The third kappa shape index (κ3) is 3.34. The predicted octanol–water partition coefficient (Wildman–Crippen LogP) is 5.75. The fraction of sp³-hybridized carbons (Fsp3) is 0.167. The van der Waals surface area contributed by atoms with Crippen molar-refractivity contribution in [3.05, 3.63) is 49.0 Å². The van der Waals surface area contributed by atoms with E-state index in [2.05, 4.69) is 53.9 Å². The minimum Gasteiger partial charge on any atom is -0.487 e. The van der Waals surface area contributed by atoms with Gasteiger partial charge in [-0.1, -0.05) is 28.1 Å². The van der Waals surface area contributed by atoms with Crippen molar-refractivity contribution in [3.63, 3.8) is 0 Å². The predicted molar refractivity (Wildman–Crippen MR) is 83.1 cm³/mol. The van der Waals surface area contributed by atoms with Gasteiger partial charge in [-0.2, -0.15) is 0 Å². The Bertz CT molecular complexity index is 510. The molecular formula is C12H9Br3OS. The average molecular weight is 441 g/mol. The molecule has 0 unspecified atom stereocenters. The van der Waals surface area contributed by atoms with Crippen molar-refractivity contribution in [1.29, 1.82) is 0 Å². The lowest BCUT2D eigenvalue weighted by molar-refractivity contribution is 0.305. The zero-order valence-corrected chi connectivity index (χ0v) is 14.3. The molecule has 1 heterocycles. The molecule has 90 valence electrons. The van der Waals surface area contributed by atoms with E-state index in [0.717, 1.165) is 25.6 Å². The molecule has 2 rings (SSSR count). The van der Waals surface area contributed by atoms with Crippen LogP contribution in [0.25, 0.3) is 0 Å². The molecule has 0 radical (unpaired) electrons. The molecule has 5 heteroatoms. The van der Waals surface area contributed by atoms with Crippen LogP contribution in [0.1, 0.15) is 10.4 Å². The lowest BCUT2D eigenvalue weighted by atomic mass is 10.2. The second-order valence-corrected chi connectivity index (χ2v) is 6.61. The molecule has 0 bridgehead atoms. The summed E-state index contributed by atoms with van der Waals surface area (Å²) in [5.41, 5.74) is 1.15. The van der Waals surface area contributed by atoms with Crippen LogP contribution in [0.3, 0.4) is 0 Å². The Balaban J connectivity index is 2.16. The highest BCUT2D eigenvalue weighted by Crippen LogP contribution is 2.32. The van der Waals surface area contributed by atoms with Gasteiger partial charge in [-0.15, -0.1) is 11.3 Å². The quantitative estimate of drug-likeness (QED) is 0.550. The summed E-state index contributed by atoms with van der Waals surface area (Å²) in [5, 5.41) is 2.83. The van der Waals surface area contributed by atoms with E-state index in [1.165, 1.54) is 4.88 Å². The first-order valence-electron chi connectivity index (χ1n) is 4.90.